The minimum absolute atomic E-state index is 0.241. The van der Waals surface area contributed by atoms with Crippen LogP contribution in [0.5, 0.6) is 5.75 Å². The van der Waals surface area contributed by atoms with Crippen molar-refractivity contribution in [3.8, 4) is 5.75 Å². The summed E-state index contributed by atoms with van der Waals surface area (Å²) in [7, 11) is 0. The van der Waals surface area contributed by atoms with Crippen molar-refractivity contribution in [3.63, 3.8) is 0 Å². The molecule has 7 heteroatoms. The summed E-state index contributed by atoms with van der Waals surface area (Å²) >= 11 is 3.02. The van der Waals surface area contributed by atoms with E-state index in [1.165, 1.54) is 6.07 Å². The van der Waals surface area contributed by atoms with Crippen molar-refractivity contribution in [2.24, 2.45) is 0 Å². The predicted molar refractivity (Wildman–Crippen MR) is 55.6 cm³/mol. The Morgan fingerprint density at radius 2 is 1.88 bits per heavy atom. The molecule has 1 rings (SSSR count). The SMILES string of the molecule is FC(F)COc1ccc(CBr)cc1C(F)(F)F. The number of alkyl halides is 6. The summed E-state index contributed by atoms with van der Waals surface area (Å²) < 4.78 is 66.0. The number of ether oxygens (including phenoxy) is 1. The van der Waals surface area contributed by atoms with E-state index >= 15 is 0 Å². The highest BCUT2D eigenvalue weighted by molar-refractivity contribution is 9.08. The first-order valence-electron chi connectivity index (χ1n) is 4.51. The fourth-order valence-electron chi connectivity index (χ4n) is 1.16. The van der Waals surface area contributed by atoms with Crippen molar-refractivity contribution in [2.45, 2.75) is 17.9 Å². The third-order valence-electron chi connectivity index (χ3n) is 1.87. The van der Waals surface area contributed by atoms with Crippen LogP contribution < -0.4 is 4.74 Å². The van der Waals surface area contributed by atoms with Gasteiger partial charge in [0.15, 0.2) is 0 Å². The second-order valence-corrected chi connectivity index (χ2v) is 3.72. The molecule has 0 heterocycles. The molecular weight excluding hydrogens is 311 g/mol. The van der Waals surface area contributed by atoms with Crippen molar-refractivity contribution in [1.82, 2.24) is 0 Å². The summed E-state index contributed by atoms with van der Waals surface area (Å²) in [5, 5.41) is 0.241. The van der Waals surface area contributed by atoms with Gasteiger partial charge in [0.2, 0.25) is 0 Å². The first-order valence-corrected chi connectivity index (χ1v) is 5.63. The summed E-state index contributed by atoms with van der Waals surface area (Å²) in [5.41, 5.74) is -0.656. The summed E-state index contributed by atoms with van der Waals surface area (Å²) in [6.45, 7) is -1.06. The van der Waals surface area contributed by atoms with Gasteiger partial charge >= 0.3 is 6.18 Å². The van der Waals surface area contributed by atoms with Gasteiger partial charge in [-0.05, 0) is 17.7 Å². The van der Waals surface area contributed by atoms with Crippen LogP contribution in [0.25, 0.3) is 0 Å². The highest BCUT2D eigenvalue weighted by atomic mass is 79.9. The summed E-state index contributed by atoms with van der Waals surface area (Å²) in [5.74, 6) is -0.581. The minimum Gasteiger partial charge on any atom is -0.487 e. The van der Waals surface area contributed by atoms with E-state index in [4.69, 9.17) is 0 Å². The maximum atomic E-state index is 12.6. The van der Waals surface area contributed by atoms with Crippen LogP contribution in [0.4, 0.5) is 22.0 Å². The number of benzene rings is 1. The molecule has 17 heavy (non-hydrogen) atoms. The molecule has 0 bridgehead atoms. The zero-order chi connectivity index (χ0) is 13.1. The molecule has 0 atom stereocenters. The van der Waals surface area contributed by atoms with Gasteiger partial charge in [0, 0.05) is 5.33 Å². The lowest BCUT2D eigenvalue weighted by atomic mass is 10.1. The normalized spacial score (nSPS) is 11.9. The standard InChI is InChI=1S/C10H8BrF5O/c11-4-6-1-2-8(17-5-9(12)13)7(3-6)10(14,15)16/h1-3,9H,4-5H2. The molecule has 0 aliphatic rings. The van der Waals surface area contributed by atoms with Gasteiger partial charge in [0.05, 0.1) is 5.56 Å². The van der Waals surface area contributed by atoms with Crippen molar-refractivity contribution < 1.29 is 26.7 Å². The Balaban J connectivity index is 3.03. The molecule has 0 saturated heterocycles. The Labute approximate surface area is 103 Å². The van der Waals surface area contributed by atoms with E-state index in [0.717, 1.165) is 12.1 Å². The molecular formula is C10H8BrF5O. The molecule has 1 aromatic carbocycles. The van der Waals surface area contributed by atoms with E-state index in [-0.39, 0.29) is 5.33 Å². The molecule has 1 aromatic rings. The van der Waals surface area contributed by atoms with Crippen molar-refractivity contribution in [2.75, 3.05) is 6.61 Å². The Kier molecular flexibility index (Phi) is 4.73. The van der Waals surface area contributed by atoms with Crippen LogP contribution in [0.15, 0.2) is 18.2 Å². The molecule has 0 saturated carbocycles. The van der Waals surface area contributed by atoms with Crippen LogP contribution in [0.2, 0.25) is 0 Å². The molecule has 0 radical (unpaired) electrons. The fourth-order valence-corrected chi connectivity index (χ4v) is 1.51. The van der Waals surface area contributed by atoms with E-state index in [2.05, 4.69) is 20.7 Å². The van der Waals surface area contributed by atoms with Crippen LogP contribution in [0.3, 0.4) is 0 Å². The number of halogens is 6. The van der Waals surface area contributed by atoms with Gasteiger partial charge < -0.3 is 4.74 Å². The Morgan fingerprint density at radius 1 is 1.24 bits per heavy atom. The van der Waals surface area contributed by atoms with Gasteiger partial charge in [-0.25, -0.2) is 8.78 Å². The van der Waals surface area contributed by atoms with Crippen LogP contribution in [-0.2, 0) is 11.5 Å². The molecule has 0 aliphatic heterocycles. The predicted octanol–water partition coefficient (Wildman–Crippen LogP) is 4.24. The third kappa shape index (κ3) is 4.14. The van der Waals surface area contributed by atoms with Gasteiger partial charge in [-0.15, -0.1) is 0 Å². The topological polar surface area (TPSA) is 9.23 Å². The third-order valence-corrected chi connectivity index (χ3v) is 2.52. The van der Waals surface area contributed by atoms with Gasteiger partial charge in [-0.3, -0.25) is 0 Å². The molecule has 0 amide bonds. The van der Waals surface area contributed by atoms with Gasteiger partial charge in [-0.2, -0.15) is 13.2 Å². The van der Waals surface area contributed by atoms with Crippen LogP contribution in [0.1, 0.15) is 11.1 Å². The Morgan fingerprint density at radius 3 is 2.35 bits per heavy atom. The lowest BCUT2D eigenvalue weighted by Gasteiger charge is -2.14. The zero-order valence-electron chi connectivity index (χ0n) is 8.40. The van der Waals surface area contributed by atoms with Gasteiger partial charge in [0.1, 0.15) is 12.4 Å². The van der Waals surface area contributed by atoms with Crippen molar-refractivity contribution in [1.29, 1.82) is 0 Å². The highest BCUT2D eigenvalue weighted by Crippen LogP contribution is 2.37. The average molecular weight is 319 g/mol. The minimum atomic E-state index is -4.63. The summed E-state index contributed by atoms with van der Waals surface area (Å²) in [4.78, 5) is 0. The Bertz CT molecular complexity index is 377. The summed E-state index contributed by atoms with van der Waals surface area (Å²) in [6, 6.07) is 3.29. The molecule has 0 unspecified atom stereocenters. The second kappa shape index (κ2) is 5.66. The lowest BCUT2D eigenvalue weighted by Crippen LogP contribution is -2.13. The zero-order valence-corrected chi connectivity index (χ0v) is 9.99. The van der Waals surface area contributed by atoms with Gasteiger partial charge in [0.25, 0.3) is 6.43 Å². The molecule has 1 nitrogen and oxygen atoms in total. The lowest BCUT2D eigenvalue weighted by molar-refractivity contribution is -0.139. The molecule has 0 aliphatic carbocycles. The first-order chi connectivity index (χ1) is 7.84. The number of hydrogen-bond donors (Lipinski definition) is 0. The Hall–Kier alpha value is -0.850. The molecule has 0 N–H and O–H groups in total. The van der Waals surface area contributed by atoms with Crippen LogP contribution in [0, 0.1) is 0 Å². The summed E-state index contributed by atoms with van der Waals surface area (Å²) in [6.07, 6.45) is -7.44. The van der Waals surface area contributed by atoms with Crippen molar-refractivity contribution >= 4 is 15.9 Å². The van der Waals surface area contributed by atoms with E-state index in [1.807, 2.05) is 0 Å². The van der Waals surface area contributed by atoms with Crippen molar-refractivity contribution in [3.05, 3.63) is 29.3 Å². The second-order valence-electron chi connectivity index (χ2n) is 3.16. The largest absolute Gasteiger partial charge is 0.487 e. The smallest absolute Gasteiger partial charge is 0.419 e. The monoisotopic (exact) mass is 318 g/mol. The average Bonchev–Trinajstić information content (AvgIpc) is 2.24. The maximum absolute atomic E-state index is 12.6. The number of hydrogen-bond acceptors (Lipinski definition) is 1. The molecule has 96 valence electrons. The van der Waals surface area contributed by atoms with E-state index in [0.29, 0.717) is 5.56 Å². The van der Waals surface area contributed by atoms with E-state index in [1.54, 1.807) is 0 Å². The molecule has 0 aromatic heterocycles. The number of rotatable bonds is 4. The molecule has 0 fully saturated rings. The fraction of sp³-hybridized carbons (Fsp3) is 0.400. The van der Waals surface area contributed by atoms with E-state index < -0.39 is 30.5 Å². The highest BCUT2D eigenvalue weighted by Gasteiger charge is 2.34. The van der Waals surface area contributed by atoms with Crippen LogP contribution >= 0.6 is 15.9 Å². The quantitative estimate of drug-likeness (QED) is 0.596. The maximum Gasteiger partial charge on any atom is 0.419 e. The molecule has 0 spiro atoms. The first kappa shape index (κ1) is 14.2. The van der Waals surface area contributed by atoms with Crippen LogP contribution in [-0.4, -0.2) is 13.0 Å². The van der Waals surface area contributed by atoms with Gasteiger partial charge in [-0.1, -0.05) is 22.0 Å². The van der Waals surface area contributed by atoms with E-state index in [9.17, 15) is 22.0 Å².